The summed E-state index contributed by atoms with van der Waals surface area (Å²) in [5, 5.41) is 2.90. The van der Waals surface area contributed by atoms with Gasteiger partial charge in [-0.05, 0) is 12.8 Å². The van der Waals surface area contributed by atoms with E-state index in [0.29, 0.717) is 12.4 Å². The molecule has 5 heteroatoms. The standard InChI is InChI=1S/C11H21NO3S/c1-11(2)7-12-10(15-8-11)9-5-3-4-6-16(9,13)14/h9-10,12H,3-8H2,1-2H3. The lowest BCUT2D eigenvalue weighted by molar-refractivity contribution is -0.0600. The highest BCUT2D eigenvalue weighted by atomic mass is 32.2. The number of hydrogen-bond donors (Lipinski definition) is 1. The molecular formula is C11H21NO3S. The van der Waals surface area contributed by atoms with Crippen LogP contribution >= 0.6 is 0 Å². The quantitative estimate of drug-likeness (QED) is 0.749. The molecular weight excluding hydrogens is 226 g/mol. The van der Waals surface area contributed by atoms with E-state index in [9.17, 15) is 8.42 Å². The molecule has 2 rings (SSSR count). The van der Waals surface area contributed by atoms with Crippen LogP contribution in [0.1, 0.15) is 33.1 Å². The Morgan fingerprint density at radius 1 is 1.31 bits per heavy atom. The second kappa shape index (κ2) is 4.27. The molecule has 0 aliphatic carbocycles. The fourth-order valence-electron chi connectivity index (χ4n) is 2.36. The Bertz CT molecular complexity index is 340. The summed E-state index contributed by atoms with van der Waals surface area (Å²) >= 11 is 0. The Hall–Kier alpha value is -0.130. The number of ether oxygens (including phenoxy) is 1. The molecule has 0 aromatic rings. The van der Waals surface area contributed by atoms with Crippen molar-refractivity contribution in [3.05, 3.63) is 0 Å². The molecule has 2 atom stereocenters. The summed E-state index contributed by atoms with van der Waals surface area (Å²) < 4.78 is 29.5. The second-order valence-corrected chi connectivity index (χ2v) is 8.02. The minimum Gasteiger partial charge on any atom is -0.361 e. The van der Waals surface area contributed by atoms with Crippen LogP contribution in [-0.2, 0) is 14.6 Å². The van der Waals surface area contributed by atoms with Crippen molar-refractivity contribution >= 4 is 9.84 Å². The first-order chi connectivity index (χ1) is 7.41. The predicted molar refractivity (Wildman–Crippen MR) is 62.9 cm³/mol. The molecule has 2 aliphatic heterocycles. The fourth-order valence-corrected chi connectivity index (χ4v) is 4.35. The van der Waals surface area contributed by atoms with Crippen molar-refractivity contribution in [2.45, 2.75) is 44.6 Å². The van der Waals surface area contributed by atoms with Crippen LogP contribution in [0.4, 0.5) is 0 Å². The van der Waals surface area contributed by atoms with E-state index in [0.717, 1.165) is 25.8 Å². The average Bonchev–Trinajstić information content (AvgIpc) is 2.18. The van der Waals surface area contributed by atoms with E-state index in [1.165, 1.54) is 0 Å². The van der Waals surface area contributed by atoms with Crippen LogP contribution in [-0.4, -0.2) is 38.8 Å². The van der Waals surface area contributed by atoms with Crippen LogP contribution < -0.4 is 5.32 Å². The van der Waals surface area contributed by atoms with Gasteiger partial charge in [-0.15, -0.1) is 0 Å². The third-order valence-corrected chi connectivity index (χ3v) is 5.67. The van der Waals surface area contributed by atoms with Gasteiger partial charge < -0.3 is 4.74 Å². The summed E-state index contributed by atoms with van der Waals surface area (Å²) in [6.45, 7) is 5.69. The van der Waals surface area contributed by atoms with Gasteiger partial charge in [0.1, 0.15) is 11.5 Å². The maximum absolute atomic E-state index is 11.9. The largest absolute Gasteiger partial charge is 0.361 e. The van der Waals surface area contributed by atoms with Crippen LogP contribution in [0.5, 0.6) is 0 Å². The summed E-state index contributed by atoms with van der Waals surface area (Å²) in [6, 6.07) is 0. The van der Waals surface area contributed by atoms with Crippen LogP contribution in [0.3, 0.4) is 0 Å². The van der Waals surface area contributed by atoms with Crippen LogP contribution in [0, 0.1) is 5.41 Å². The monoisotopic (exact) mass is 247 g/mol. The molecule has 0 bridgehead atoms. The molecule has 1 N–H and O–H groups in total. The van der Waals surface area contributed by atoms with Crippen LogP contribution in [0.2, 0.25) is 0 Å². The molecule has 2 unspecified atom stereocenters. The van der Waals surface area contributed by atoms with Gasteiger partial charge in [0, 0.05) is 12.0 Å². The minimum absolute atomic E-state index is 0.106. The molecule has 94 valence electrons. The van der Waals surface area contributed by atoms with E-state index in [1.807, 2.05) is 0 Å². The Labute approximate surface area is 97.7 Å². The highest BCUT2D eigenvalue weighted by Crippen LogP contribution is 2.27. The van der Waals surface area contributed by atoms with Gasteiger partial charge in [-0.1, -0.05) is 20.3 Å². The van der Waals surface area contributed by atoms with E-state index in [4.69, 9.17) is 4.74 Å². The summed E-state index contributed by atoms with van der Waals surface area (Å²) in [6.07, 6.45) is 2.24. The summed E-state index contributed by atoms with van der Waals surface area (Å²) in [5.74, 6) is 0.322. The Balaban J connectivity index is 2.03. The van der Waals surface area contributed by atoms with Gasteiger partial charge in [0.05, 0.1) is 12.4 Å². The Morgan fingerprint density at radius 3 is 2.62 bits per heavy atom. The summed E-state index contributed by atoms with van der Waals surface area (Å²) in [5.41, 5.74) is 0.106. The number of hydrogen-bond acceptors (Lipinski definition) is 4. The van der Waals surface area contributed by atoms with E-state index < -0.39 is 9.84 Å². The molecule has 0 radical (unpaired) electrons. The zero-order valence-corrected chi connectivity index (χ0v) is 10.8. The topological polar surface area (TPSA) is 55.4 Å². The molecule has 4 nitrogen and oxygen atoms in total. The van der Waals surface area contributed by atoms with Gasteiger partial charge in [-0.2, -0.15) is 0 Å². The lowest BCUT2D eigenvalue weighted by Crippen LogP contribution is -2.55. The molecule has 2 heterocycles. The first kappa shape index (κ1) is 12.3. The molecule has 0 aromatic heterocycles. The molecule has 0 spiro atoms. The minimum atomic E-state index is -2.95. The van der Waals surface area contributed by atoms with Gasteiger partial charge in [0.25, 0.3) is 0 Å². The van der Waals surface area contributed by atoms with Crippen molar-refractivity contribution < 1.29 is 13.2 Å². The van der Waals surface area contributed by atoms with E-state index in [-0.39, 0.29) is 16.9 Å². The maximum Gasteiger partial charge on any atom is 0.157 e. The summed E-state index contributed by atoms with van der Waals surface area (Å²) in [7, 11) is -2.95. The normalized spacial score (nSPS) is 38.1. The number of rotatable bonds is 1. The first-order valence-electron chi connectivity index (χ1n) is 5.97. The highest BCUT2D eigenvalue weighted by molar-refractivity contribution is 7.92. The van der Waals surface area contributed by atoms with Crippen molar-refractivity contribution in [3.63, 3.8) is 0 Å². The smallest absolute Gasteiger partial charge is 0.157 e. The SMILES string of the molecule is CC1(C)CNC(C2CCCCS2(=O)=O)OC1. The molecule has 2 fully saturated rings. The summed E-state index contributed by atoms with van der Waals surface area (Å²) in [4.78, 5) is 0. The second-order valence-electron chi connectivity index (χ2n) is 5.68. The van der Waals surface area contributed by atoms with Crippen molar-refractivity contribution in [2.75, 3.05) is 18.9 Å². The van der Waals surface area contributed by atoms with Crippen LogP contribution in [0.25, 0.3) is 0 Å². The first-order valence-corrected chi connectivity index (χ1v) is 7.69. The molecule has 2 aliphatic rings. The molecule has 0 aromatic carbocycles. The third kappa shape index (κ3) is 2.57. The van der Waals surface area contributed by atoms with Crippen molar-refractivity contribution in [2.24, 2.45) is 5.41 Å². The number of nitrogens with one attached hydrogen (secondary N) is 1. The zero-order chi connectivity index (χ0) is 11.8. The average molecular weight is 247 g/mol. The lowest BCUT2D eigenvalue weighted by Gasteiger charge is -2.39. The molecule has 0 amide bonds. The molecule has 0 saturated carbocycles. The van der Waals surface area contributed by atoms with Crippen molar-refractivity contribution in [1.82, 2.24) is 5.32 Å². The third-order valence-electron chi connectivity index (χ3n) is 3.40. The lowest BCUT2D eigenvalue weighted by atomic mass is 9.93. The Morgan fingerprint density at radius 2 is 2.06 bits per heavy atom. The fraction of sp³-hybridized carbons (Fsp3) is 1.00. The van der Waals surface area contributed by atoms with Crippen LogP contribution in [0.15, 0.2) is 0 Å². The molecule has 16 heavy (non-hydrogen) atoms. The predicted octanol–water partition coefficient (Wildman–Crippen LogP) is 0.926. The van der Waals surface area contributed by atoms with Gasteiger partial charge in [-0.3, -0.25) is 5.32 Å². The van der Waals surface area contributed by atoms with E-state index in [1.54, 1.807) is 0 Å². The maximum atomic E-state index is 11.9. The Kier molecular flexibility index (Phi) is 3.29. The van der Waals surface area contributed by atoms with Gasteiger partial charge in [-0.25, -0.2) is 8.42 Å². The van der Waals surface area contributed by atoms with E-state index >= 15 is 0 Å². The molecule has 2 saturated heterocycles. The van der Waals surface area contributed by atoms with Crippen molar-refractivity contribution in [3.8, 4) is 0 Å². The van der Waals surface area contributed by atoms with Gasteiger partial charge >= 0.3 is 0 Å². The number of sulfone groups is 1. The van der Waals surface area contributed by atoms with Crippen molar-refractivity contribution in [1.29, 1.82) is 0 Å². The zero-order valence-electron chi connectivity index (χ0n) is 10.0. The van der Waals surface area contributed by atoms with Gasteiger partial charge in [0.2, 0.25) is 0 Å². The highest BCUT2D eigenvalue weighted by Gasteiger charge is 2.39. The van der Waals surface area contributed by atoms with Gasteiger partial charge in [0.15, 0.2) is 9.84 Å². The van der Waals surface area contributed by atoms with E-state index in [2.05, 4.69) is 19.2 Å².